The van der Waals surface area contributed by atoms with Crippen molar-refractivity contribution in [1.29, 1.82) is 0 Å². The number of piperazine rings is 1. The molecule has 1 fully saturated rings. The van der Waals surface area contributed by atoms with Gasteiger partial charge in [0.05, 0.1) is 0 Å². The zero-order valence-corrected chi connectivity index (χ0v) is 12.3. The van der Waals surface area contributed by atoms with E-state index in [2.05, 4.69) is 23.6 Å². The molecule has 1 aliphatic rings. The molecule has 0 aromatic heterocycles. The van der Waals surface area contributed by atoms with Crippen molar-refractivity contribution >= 4 is 5.91 Å². The summed E-state index contributed by atoms with van der Waals surface area (Å²) < 4.78 is 0. The Bertz CT molecular complexity index is 223. The lowest BCUT2D eigenvalue weighted by molar-refractivity contribution is -0.133. The summed E-state index contributed by atoms with van der Waals surface area (Å²) in [5.41, 5.74) is 0. The highest BCUT2D eigenvalue weighted by molar-refractivity contribution is 5.76. The van der Waals surface area contributed by atoms with Crippen LogP contribution in [0.3, 0.4) is 0 Å². The van der Waals surface area contributed by atoms with Crippen molar-refractivity contribution in [1.82, 2.24) is 9.80 Å². The number of amides is 1. The molecule has 0 radical (unpaired) electrons. The molecule has 0 aromatic carbocycles. The van der Waals surface area contributed by atoms with Crippen LogP contribution in [0, 0.1) is 0 Å². The summed E-state index contributed by atoms with van der Waals surface area (Å²) in [4.78, 5) is 16.5. The third kappa shape index (κ3) is 5.85. The molecule has 0 saturated carbocycles. The smallest absolute Gasteiger partial charge is 0.222 e. The van der Waals surface area contributed by atoms with Gasteiger partial charge >= 0.3 is 0 Å². The van der Waals surface area contributed by atoms with Gasteiger partial charge in [-0.25, -0.2) is 0 Å². The van der Waals surface area contributed by atoms with Crippen molar-refractivity contribution < 1.29 is 4.79 Å². The van der Waals surface area contributed by atoms with Gasteiger partial charge in [0, 0.05) is 32.6 Å². The molecule has 0 aliphatic carbocycles. The molecule has 1 saturated heterocycles. The molecule has 1 rings (SSSR count). The molecule has 0 N–H and O–H groups in total. The van der Waals surface area contributed by atoms with Gasteiger partial charge in [-0.15, -0.1) is 0 Å². The van der Waals surface area contributed by atoms with E-state index in [9.17, 15) is 4.79 Å². The Morgan fingerprint density at radius 3 is 2.11 bits per heavy atom. The lowest BCUT2D eigenvalue weighted by Gasteiger charge is -2.34. The molecular formula is C15H30N2O. The standard InChI is InChI=1S/C15H30N2O/c1-3-5-7-9-15(18)17-13-11-16(12-14-17)10-8-6-4-2/h3-14H2,1-2H3. The van der Waals surface area contributed by atoms with Crippen molar-refractivity contribution in [2.24, 2.45) is 0 Å². The number of rotatable bonds is 8. The zero-order valence-electron chi connectivity index (χ0n) is 12.3. The van der Waals surface area contributed by atoms with Gasteiger partial charge in [-0.05, 0) is 19.4 Å². The van der Waals surface area contributed by atoms with Crippen molar-refractivity contribution in [2.75, 3.05) is 32.7 Å². The van der Waals surface area contributed by atoms with Crippen LogP contribution in [0.2, 0.25) is 0 Å². The molecule has 0 aromatic rings. The predicted octanol–water partition coefficient (Wildman–Crippen LogP) is 2.90. The molecule has 1 aliphatic heterocycles. The van der Waals surface area contributed by atoms with E-state index in [1.807, 2.05) is 0 Å². The number of unbranched alkanes of at least 4 members (excludes halogenated alkanes) is 4. The Hall–Kier alpha value is -0.570. The van der Waals surface area contributed by atoms with Crippen molar-refractivity contribution in [3.8, 4) is 0 Å². The summed E-state index contributed by atoms with van der Waals surface area (Å²) in [5.74, 6) is 0.372. The number of carbonyl (C=O) groups is 1. The summed E-state index contributed by atoms with van der Waals surface area (Å²) in [5, 5.41) is 0. The summed E-state index contributed by atoms with van der Waals surface area (Å²) in [6.07, 6.45) is 8.11. The van der Waals surface area contributed by atoms with Crippen LogP contribution in [0.15, 0.2) is 0 Å². The summed E-state index contributed by atoms with van der Waals surface area (Å²) in [6, 6.07) is 0. The first-order valence-corrected chi connectivity index (χ1v) is 7.78. The van der Waals surface area contributed by atoms with Crippen LogP contribution < -0.4 is 0 Å². The van der Waals surface area contributed by atoms with E-state index in [-0.39, 0.29) is 0 Å². The lowest BCUT2D eigenvalue weighted by Crippen LogP contribution is -2.48. The largest absolute Gasteiger partial charge is 0.340 e. The Balaban J connectivity index is 2.12. The molecule has 3 nitrogen and oxygen atoms in total. The van der Waals surface area contributed by atoms with Gasteiger partial charge in [0.1, 0.15) is 0 Å². The maximum absolute atomic E-state index is 11.9. The van der Waals surface area contributed by atoms with Crippen LogP contribution in [0.4, 0.5) is 0 Å². The first kappa shape index (κ1) is 15.5. The molecule has 106 valence electrons. The molecule has 18 heavy (non-hydrogen) atoms. The number of carbonyl (C=O) groups excluding carboxylic acids is 1. The van der Waals surface area contributed by atoms with E-state index in [1.165, 1.54) is 38.6 Å². The van der Waals surface area contributed by atoms with E-state index in [0.717, 1.165) is 39.0 Å². The predicted molar refractivity (Wildman–Crippen MR) is 76.7 cm³/mol. The second-order valence-electron chi connectivity index (χ2n) is 5.39. The van der Waals surface area contributed by atoms with Gasteiger partial charge in [0.25, 0.3) is 0 Å². The molecule has 0 bridgehead atoms. The van der Waals surface area contributed by atoms with E-state index < -0.39 is 0 Å². The molecule has 0 unspecified atom stereocenters. The van der Waals surface area contributed by atoms with E-state index in [0.29, 0.717) is 5.91 Å². The highest BCUT2D eigenvalue weighted by atomic mass is 16.2. The third-order valence-electron chi connectivity index (χ3n) is 3.80. The van der Waals surface area contributed by atoms with Crippen molar-refractivity contribution in [3.63, 3.8) is 0 Å². The Kier molecular flexibility index (Phi) is 8.06. The fourth-order valence-electron chi connectivity index (χ4n) is 2.49. The fraction of sp³-hybridized carbons (Fsp3) is 0.933. The summed E-state index contributed by atoms with van der Waals surface area (Å²) >= 11 is 0. The highest BCUT2D eigenvalue weighted by Gasteiger charge is 2.19. The average Bonchev–Trinajstić information content (AvgIpc) is 2.40. The summed E-state index contributed by atoms with van der Waals surface area (Å²) in [7, 11) is 0. The zero-order chi connectivity index (χ0) is 13.2. The molecule has 0 atom stereocenters. The van der Waals surface area contributed by atoms with E-state index in [4.69, 9.17) is 0 Å². The maximum Gasteiger partial charge on any atom is 0.222 e. The molecule has 1 heterocycles. The van der Waals surface area contributed by atoms with Crippen LogP contribution in [0.25, 0.3) is 0 Å². The number of hydrogen-bond donors (Lipinski definition) is 0. The first-order chi connectivity index (χ1) is 8.77. The van der Waals surface area contributed by atoms with E-state index >= 15 is 0 Å². The quantitative estimate of drug-likeness (QED) is 0.622. The average molecular weight is 254 g/mol. The molecule has 1 amide bonds. The minimum atomic E-state index is 0.372. The van der Waals surface area contributed by atoms with Gasteiger partial charge in [-0.1, -0.05) is 39.5 Å². The van der Waals surface area contributed by atoms with Crippen LogP contribution in [0.1, 0.15) is 58.8 Å². The molecular weight excluding hydrogens is 224 g/mol. The normalized spacial score (nSPS) is 17.1. The third-order valence-corrected chi connectivity index (χ3v) is 3.80. The minimum absolute atomic E-state index is 0.372. The highest BCUT2D eigenvalue weighted by Crippen LogP contribution is 2.08. The van der Waals surface area contributed by atoms with E-state index in [1.54, 1.807) is 0 Å². The van der Waals surface area contributed by atoms with Gasteiger partial charge in [0.15, 0.2) is 0 Å². The van der Waals surface area contributed by atoms with Gasteiger partial charge in [-0.2, -0.15) is 0 Å². The molecule has 3 heteroatoms. The fourth-order valence-corrected chi connectivity index (χ4v) is 2.49. The minimum Gasteiger partial charge on any atom is -0.340 e. The van der Waals surface area contributed by atoms with Crippen molar-refractivity contribution in [3.05, 3.63) is 0 Å². The van der Waals surface area contributed by atoms with Crippen LogP contribution in [0.5, 0.6) is 0 Å². The van der Waals surface area contributed by atoms with Crippen molar-refractivity contribution in [2.45, 2.75) is 58.8 Å². The second-order valence-corrected chi connectivity index (χ2v) is 5.39. The second kappa shape index (κ2) is 9.37. The topological polar surface area (TPSA) is 23.6 Å². The maximum atomic E-state index is 11.9. The number of nitrogens with zero attached hydrogens (tertiary/aromatic N) is 2. The Labute approximate surface area is 113 Å². The SMILES string of the molecule is CCCCCC(=O)N1CCN(CCCCC)CC1. The van der Waals surface area contributed by atoms with Crippen LogP contribution >= 0.6 is 0 Å². The van der Waals surface area contributed by atoms with Crippen LogP contribution in [-0.2, 0) is 4.79 Å². The van der Waals surface area contributed by atoms with Crippen LogP contribution in [-0.4, -0.2) is 48.4 Å². The first-order valence-electron chi connectivity index (χ1n) is 7.78. The monoisotopic (exact) mass is 254 g/mol. The van der Waals surface area contributed by atoms with Gasteiger partial charge in [0.2, 0.25) is 5.91 Å². The lowest BCUT2D eigenvalue weighted by atomic mass is 10.1. The summed E-state index contributed by atoms with van der Waals surface area (Å²) in [6.45, 7) is 9.67. The Morgan fingerprint density at radius 2 is 1.50 bits per heavy atom. The molecule has 0 spiro atoms. The van der Waals surface area contributed by atoms with Gasteiger partial charge in [-0.3, -0.25) is 9.69 Å². The Morgan fingerprint density at radius 1 is 0.889 bits per heavy atom. The van der Waals surface area contributed by atoms with Gasteiger partial charge < -0.3 is 4.90 Å². The number of hydrogen-bond acceptors (Lipinski definition) is 2.